The van der Waals surface area contributed by atoms with Gasteiger partial charge in [0.1, 0.15) is 6.10 Å². The number of methoxy groups -OCH3 is 1. The van der Waals surface area contributed by atoms with Crippen molar-refractivity contribution >= 4 is 11.8 Å². The summed E-state index contributed by atoms with van der Waals surface area (Å²) >= 11 is 0. The minimum absolute atomic E-state index is 0.0977. The van der Waals surface area contributed by atoms with Crippen LogP contribution in [-0.2, 0) is 9.59 Å². The minimum Gasteiger partial charge on any atom is -0.493 e. The number of carbonyl (C=O) groups excluding carboxylic acids is 2. The lowest BCUT2D eigenvalue weighted by Crippen LogP contribution is -2.43. The molecule has 2 aliphatic heterocycles. The van der Waals surface area contributed by atoms with Crippen molar-refractivity contribution in [1.29, 1.82) is 0 Å². The third kappa shape index (κ3) is 4.44. The molecule has 0 radical (unpaired) electrons. The quantitative estimate of drug-likeness (QED) is 0.791. The van der Waals surface area contributed by atoms with Crippen LogP contribution >= 0.6 is 0 Å². The fourth-order valence-corrected chi connectivity index (χ4v) is 3.45. The number of rotatable bonds is 6. The van der Waals surface area contributed by atoms with E-state index in [4.69, 9.17) is 9.47 Å². The summed E-state index contributed by atoms with van der Waals surface area (Å²) in [6, 6.07) is 7.63. The zero-order chi connectivity index (χ0) is 17.6. The van der Waals surface area contributed by atoms with Crippen LogP contribution in [0.2, 0.25) is 0 Å². The van der Waals surface area contributed by atoms with Crippen LogP contribution in [0.15, 0.2) is 24.3 Å². The van der Waals surface area contributed by atoms with E-state index in [1.54, 1.807) is 12.0 Å². The van der Waals surface area contributed by atoms with Crippen LogP contribution < -0.4 is 9.47 Å². The van der Waals surface area contributed by atoms with Gasteiger partial charge in [0, 0.05) is 51.9 Å². The number of hydrogen-bond donors (Lipinski definition) is 0. The highest BCUT2D eigenvalue weighted by Gasteiger charge is 2.26. The largest absolute Gasteiger partial charge is 0.493 e. The first-order valence-corrected chi connectivity index (χ1v) is 9.02. The molecule has 0 N–H and O–H groups in total. The van der Waals surface area contributed by atoms with Gasteiger partial charge in [-0.15, -0.1) is 0 Å². The molecule has 2 heterocycles. The topological polar surface area (TPSA) is 59.1 Å². The molecule has 2 aliphatic rings. The van der Waals surface area contributed by atoms with Gasteiger partial charge in [-0.2, -0.15) is 0 Å². The van der Waals surface area contributed by atoms with Crippen LogP contribution in [0.5, 0.6) is 11.5 Å². The van der Waals surface area contributed by atoms with Gasteiger partial charge in [0.15, 0.2) is 11.5 Å². The molecule has 0 unspecified atom stereocenters. The van der Waals surface area contributed by atoms with E-state index in [9.17, 15) is 9.59 Å². The van der Waals surface area contributed by atoms with E-state index in [2.05, 4.69) is 0 Å². The summed E-state index contributed by atoms with van der Waals surface area (Å²) in [6.45, 7) is 2.75. The van der Waals surface area contributed by atoms with Gasteiger partial charge in [0.25, 0.3) is 0 Å². The third-order valence-electron chi connectivity index (χ3n) is 4.92. The maximum atomic E-state index is 12.4. The molecule has 0 aliphatic carbocycles. The summed E-state index contributed by atoms with van der Waals surface area (Å²) in [4.78, 5) is 27.7. The monoisotopic (exact) mass is 346 g/mol. The molecule has 2 fully saturated rings. The van der Waals surface area contributed by atoms with Crippen molar-refractivity contribution in [1.82, 2.24) is 9.80 Å². The first-order chi connectivity index (χ1) is 12.2. The molecule has 6 nitrogen and oxygen atoms in total. The van der Waals surface area contributed by atoms with Crippen LogP contribution in [0.1, 0.15) is 32.1 Å². The third-order valence-corrected chi connectivity index (χ3v) is 4.92. The van der Waals surface area contributed by atoms with Crippen molar-refractivity contribution in [2.24, 2.45) is 0 Å². The molecule has 136 valence electrons. The highest BCUT2D eigenvalue weighted by molar-refractivity contribution is 5.80. The fourth-order valence-electron chi connectivity index (χ4n) is 3.45. The zero-order valence-corrected chi connectivity index (χ0v) is 14.8. The summed E-state index contributed by atoms with van der Waals surface area (Å²) in [6.07, 6.45) is 3.68. The molecule has 0 atom stereocenters. The molecule has 2 amide bonds. The van der Waals surface area contributed by atoms with E-state index in [1.807, 2.05) is 29.2 Å². The van der Waals surface area contributed by atoms with Crippen LogP contribution in [0.3, 0.4) is 0 Å². The van der Waals surface area contributed by atoms with Gasteiger partial charge < -0.3 is 19.3 Å². The zero-order valence-electron chi connectivity index (χ0n) is 14.8. The Hall–Kier alpha value is -2.24. The first kappa shape index (κ1) is 17.6. The molecule has 0 saturated carbocycles. The summed E-state index contributed by atoms with van der Waals surface area (Å²) in [7, 11) is 1.63. The number of amides is 2. The molecule has 1 aromatic rings. The molecule has 0 bridgehead atoms. The van der Waals surface area contributed by atoms with Crippen molar-refractivity contribution in [3.8, 4) is 11.5 Å². The summed E-state index contributed by atoms with van der Waals surface area (Å²) in [5, 5.41) is 0. The lowest BCUT2D eigenvalue weighted by atomic mass is 10.1. The highest BCUT2D eigenvalue weighted by Crippen LogP contribution is 2.29. The van der Waals surface area contributed by atoms with E-state index >= 15 is 0 Å². The number of carbonyl (C=O) groups is 2. The van der Waals surface area contributed by atoms with E-state index < -0.39 is 0 Å². The normalized spacial score (nSPS) is 18.5. The predicted octanol–water partition coefficient (Wildman–Crippen LogP) is 2.08. The molecular formula is C19H26N2O4. The number of benzene rings is 1. The van der Waals surface area contributed by atoms with Crippen molar-refractivity contribution in [2.75, 3.05) is 33.3 Å². The Balaban J connectivity index is 1.43. The Morgan fingerprint density at radius 1 is 1.16 bits per heavy atom. The molecule has 1 aromatic carbocycles. The number of likely N-dealkylation sites (tertiary alicyclic amines) is 2. The maximum absolute atomic E-state index is 12.4. The Labute approximate surface area is 148 Å². The standard InChI is InChI=1S/C19H26N2O4/c1-24-16-5-2-3-6-17(16)25-15-8-12-21(13-9-15)19(23)10-14-20-11-4-7-18(20)22/h2-3,5-6,15H,4,7-14H2,1H3. The number of para-hydroxylation sites is 2. The van der Waals surface area contributed by atoms with E-state index in [0.717, 1.165) is 37.3 Å². The van der Waals surface area contributed by atoms with Crippen LogP contribution in [-0.4, -0.2) is 61.0 Å². The SMILES string of the molecule is COc1ccccc1OC1CCN(C(=O)CCN2CCCC2=O)CC1. The minimum atomic E-state index is 0.0977. The van der Waals surface area contributed by atoms with Crippen molar-refractivity contribution in [3.63, 3.8) is 0 Å². The number of ether oxygens (including phenoxy) is 2. The summed E-state index contributed by atoms with van der Waals surface area (Å²) in [5.74, 6) is 1.80. The molecule has 2 saturated heterocycles. The Kier molecular flexibility index (Phi) is 5.79. The molecule has 0 aromatic heterocycles. The lowest BCUT2D eigenvalue weighted by Gasteiger charge is -2.32. The van der Waals surface area contributed by atoms with E-state index in [1.165, 1.54) is 0 Å². The average molecular weight is 346 g/mol. The molecule has 6 heteroatoms. The Morgan fingerprint density at radius 2 is 1.88 bits per heavy atom. The van der Waals surface area contributed by atoms with Gasteiger partial charge in [0.2, 0.25) is 11.8 Å². The first-order valence-electron chi connectivity index (χ1n) is 9.02. The van der Waals surface area contributed by atoms with Gasteiger partial charge >= 0.3 is 0 Å². The average Bonchev–Trinajstić information content (AvgIpc) is 3.06. The predicted molar refractivity (Wildman–Crippen MR) is 93.7 cm³/mol. The number of nitrogens with zero attached hydrogens (tertiary/aromatic N) is 2. The molecule has 25 heavy (non-hydrogen) atoms. The maximum Gasteiger partial charge on any atom is 0.224 e. The van der Waals surface area contributed by atoms with Gasteiger partial charge in [0.05, 0.1) is 7.11 Å². The van der Waals surface area contributed by atoms with Gasteiger partial charge in [-0.05, 0) is 18.6 Å². The summed E-state index contributed by atoms with van der Waals surface area (Å²) < 4.78 is 11.4. The smallest absolute Gasteiger partial charge is 0.224 e. The second kappa shape index (κ2) is 8.23. The lowest BCUT2D eigenvalue weighted by molar-refractivity contribution is -0.134. The summed E-state index contributed by atoms with van der Waals surface area (Å²) in [5.41, 5.74) is 0. The van der Waals surface area contributed by atoms with E-state index in [-0.39, 0.29) is 17.9 Å². The van der Waals surface area contributed by atoms with Crippen LogP contribution in [0.4, 0.5) is 0 Å². The van der Waals surface area contributed by atoms with Crippen LogP contribution in [0.25, 0.3) is 0 Å². The second-order valence-corrected chi connectivity index (χ2v) is 6.58. The van der Waals surface area contributed by atoms with Gasteiger partial charge in [-0.25, -0.2) is 0 Å². The highest BCUT2D eigenvalue weighted by atomic mass is 16.5. The number of hydrogen-bond acceptors (Lipinski definition) is 4. The fraction of sp³-hybridized carbons (Fsp3) is 0.579. The van der Waals surface area contributed by atoms with Crippen molar-refractivity contribution in [3.05, 3.63) is 24.3 Å². The van der Waals surface area contributed by atoms with Crippen LogP contribution in [0, 0.1) is 0 Å². The Bertz CT molecular complexity index is 611. The van der Waals surface area contributed by atoms with Crippen molar-refractivity contribution in [2.45, 2.75) is 38.2 Å². The Morgan fingerprint density at radius 3 is 2.52 bits per heavy atom. The molecule has 0 spiro atoms. The van der Waals surface area contributed by atoms with Crippen molar-refractivity contribution < 1.29 is 19.1 Å². The molecule has 3 rings (SSSR count). The number of piperidine rings is 1. The van der Waals surface area contributed by atoms with Gasteiger partial charge in [-0.1, -0.05) is 12.1 Å². The van der Waals surface area contributed by atoms with E-state index in [0.29, 0.717) is 32.5 Å². The van der Waals surface area contributed by atoms with Gasteiger partial charge in [-0.3, -0.25) is 9.59 Å². The molecular weight excluding hydrogens is 320 g/mol. The second-order valence-electron chi connectivity index (χ2n) is 6.58.